The van der Waals surface area contributed by atoms with E-state index in [2.05, 4.69) is 40.8 Å². The number of aromatic nitrogens is 1. The minimum absolute atomic E-state index is 0.310. The van der Waals surface area contributed by atoms with Crippen LogP contribution in [0.3, 0.4) is 0 Å². The van der Waals surface area contributed by atoms with Gasteiger partial charge in [0.2, 0.25) is 0 Å². The van der Waals surface area contributed by atoms with E-state index in [9.17, 15) is 4.79 Å². The predicted molar refractivity (Wildman–Crippen MR) is 175 cm³/mol. The van der Waals surface area contributed by atoms with Crippen molar-refractivity contribution < 1.29 is 14.3 Å². The van der Waals surface area contributed by atoms with Crippen LogP contribution in [0, 0.1) is 5.41 Å². The number of hydrogen-bond acceptors (Lipinski definition) is 5. The van der Waals surface area contributed by atoms with Crippen molar-refractivity contribution in [3.8, 4) is 11.5 Å². The number of esters is 1. The second kappa shape index (κ2) is 12.5. The molecule has 1 aliphatic carbocycles. The standard InChI is InChI=1S/C36H40ClN3O3/c1-4-42-35(41)32-11-9-29(22-34(32)43-30-10-12-33-26(21-30)14-16-38-33)40-19-17-39(18-20-40)24-27-23-36(2,3)15-13-31(27)25-5-7-28(37)8-6-25/h5-12,14,16,21-22,38H,4,13,15,17-20,23-24H2,1-3H3. The van der Waals surface area contributed by atoms with Gasteiger partial charge in [0.1, 0.15) is 17.1 Å². The number of ether oxygens (including phenoxy) is 2. The van der Waals surface area contributed by atoms with Crippen LogP contribution >= 0.6 is 11.6 Å². The van der Waals surface area contributed by atoms with E-state index in [1.165, 1.54) is 17.6 Å². The molecule has 1 aliphatic heterocycles. The minimum Gasteiger partial charge on any atom is -0.462 e. The summed E-state index contributed by atoms with van der Waals surface area (Å²) in [6.45, 7) is 11.6. The smallest absolute Gasteiger partial charge is 0.341 e. The number of hydrogen-bond donors (Lipinski definition) is 1. The maximum absolute atomic E-state index is 12.8. The van der Waals surface area contributed by atoms with Crippen molar-refractivity contribution in [2.75, 3.05) is 44.2 Å². The molecule has 0 radical (unpaired) electrons. The van der Waals surface area contributed by atoms with Crippen LogP contribution in [0.5, 0.6) is 11.5 Å². The average molecular weight is 598 g/mol. The van der Waals surface area contributed by atoms with Gasteiger partial charge < -0.3 is 19.4 Å². The maximum Gasteiger partial charge on any atom is 0.341 e. The molecule has 4 aromatic rings. The zero-order valence-electron chi connectivity index (χ0n) is 25.3. The molecule has 6 rings (SSSR count). The largest absolute Gasteiger partial charge is 0.462 e. The van der Waals surface area contributed by atoms with Crippen LogP contribution < -0.4 is 9.64 Å². The number of allylic oxidation sites excluding steroid dienone is 1. The molecular weight excluding hydrogens is 558 g/mol. The molecule has 0 unspecified atom stereocenters. The van der Waals surface area contributed by atoms with Gasteiger partial charge in [-0.2, -0.15) is 0 Å². The summed E-state index contributed by atoms with van der Waals surface area (Å²) in [6, 6.07) is 22.1. The van der Waals surface area contributed by atoms with Crippen LogP contribution in [-0.4, -0.2) is 55.2 Å². The topological polar surface area (TPSA) is 57.8 Å². The Balaban J connectivity index is 1.18. The Morgan fingerprint density at radius 2 is 1.77 bits per heavy atom. The van der Waals surface area contributed by atoms with Gasteiger partial charge in [0.05, 0.1) is 6.61 Å². The first-order valence-corrected chi connectivity index (χ1v) is 15.7. The van der Waals surface area contributed by atoms with E-state index < -0.39 is 0 Å². The highest BCUT2D eigenvalue weighted by atomic mass is 35.5. The molecule has 0 atom stereocenters. The number of fused-ring (bicyclic) bond motifs is 1. The van der Waals surface area contributed by atoms with Gasteiger partial charge in [-0.25, -0.2) is 4.79 Å². The normalized spacial score (nSPS) is 17.3. The number of piperazine rings is 1. The summed E-state index contributed by atoms with van der Waals surface area (Å²) < 4.78 is 11.7. The number of nitrogens with one attached hydrogen (secondary N) is 1. The lowest BCUT2D eigenvalue weighted by Gasteiger charge is -2.39. The van der Waals surface area contributed by atoms with Crippen LogP contribution in [0.4, 0.5) is 5.69 Å². The number of rotatable bonds is 8. The first-order valence-electron chi connectivity index (χ1n) is 15.3. The molecule has 3 aromatic carbocycles. The zero-order chi connectivity index (χ0) is 30.0. The lowest BCUT2D eigenvalue weighted by molar-refractivity contribution is 0.0523. The minimum atomic E-state index is -0.378. The summed E-state index contributed by atoms with van der Waals surface area (Å²) in [5.41, 5.74) is 7.19. The summed E-state index contributed by atoms with van der Waals surface area (Å²) >= 11 is 6.20. The second-order valence-corrected chi connectivity index (χ2v) is 12.9. The Morgan fingerprint density at radius 1 is 0.977 bits per heavy atom. The van der Waals surface area contributed by atoms with Crippen LogP contribution in [0.25, 0.3) is 16.5 Å². The van der Waals surface area contributed by atoms with Gasteiger partial charge >= 0.3 is 5.97 Å². The summed E-state index contributed by atoms with van der Waals surface area (Å²) in [6.07, 6.45) is 5.34. The summed E-state index contributed by atoms with van der Waals surface area (Å²) in [5, 5.41) is 1.84. The van der Waals surface area contributed by atoms with E-state index in [0.29, 0.717) is 29.1 Å². The highest BCUT2D eigenvalue weighted by Crippen LogP contribution is 2.43. The number of carbonyl (C=O) groups excluding carboxylic acids is 1. The van der Waals surface area contributed by atoms with E-state index >= 15 is 0 Å². The zero-order valence-corrected chi connectivity index (χ0v) is 26.0. The number of anilines is 1. The lowest BCUT2D eigenvalue weighted by atomic mass is 9.73. The molecule has 2 aliphatic rings. The quantitative estimate of drug-likeness (QED) is 0.206. The first-order chi connectivity index (χ1) is 20.8. The maximum atomic E-state index is 12.8. The molecule has 7 heteroatoms. The van der Waals surface area contributed by atoms with Gasteiger partial charge in [0.25, 0.3) is 0 Å². The van der Waals surface area contributed by atoms with Crippen molar-refractivity contribution in [2.24, 2.45) is 5.41 Å². The van der Waals surface area contributed by atoms with Crippen molar-refractivity contribution in [1.29, 1.82) is 0 Å². The highest BCUT2D eigenvalue weighted by Gasteiger charge is 2.29. The van der Waals surface area contributed by atoms with E-state index in [1.54, 1.807) is 5.57 Å². The number of halogens is 1. The number of nitrogens with zero attached hydrogens (tertiary/aromatic N) is 2. The molecule has 1 N–H and O–H groups in total. The van der Waals surface area contributed by atoms with E-state index in [4.69, 9.17) is 21.1 Å². The van der Waals surface area contributed by atoms with E-state index in [0.717, 1.165) is 67.2 Å². The van der Waals surface area contributed by atoms with Crippen LogP contribution in [0.2, 0.25) is 5.02 Å². The third kappa shape index (κ3) is 6.76. The van der Waals surface area contributed by atoms with Crippen molar-refractivity contribution >= 4 is 39.7 Å². The molecule has 224 valence electrons. The Hall–Kier alpha value is -3.74. The fraction of sp³-hybridized carbons (Fsp3) is 0.361. The Morgan fingerprint density at radius 3 is 2.53 bits per heavy atom. The predicted octanol–water partition coefficient (Wildman–Crippen LogP) is 8.58. The lowest BCUT2D eigenvalue weighted by Crippen LogP contribution is -2.47. The molecule has 1 aromatic heterocycles. The van der Waals surface area contributed by atoms with Gasteiger partial charge in [0.15, 0.2) is 0 Å². The van der Waals surface area contributed by atoms with Crippen LogP contribution in [0.15, 0.2) is 78.5 Å². The molecule has 2 heterocycles. The number of aromatic amines is 1. The van der Waals surface area contributed by atoms with Gasteiger partial charge in [-0.05, 0) is 91.3 Å². The van der Waals surface area contributed by atoms with Crippen molar-refractivity contribution in [3.63, 3.8) is 0 Å². The highest BCUT2D eigenvalue weighted by molar-refractivity contribution is 6.30. The van der Waals surface area contributed by atoms with E-state index in [1.807, 2.05) is 67.7 Å². The summed E-state index contributed by atoms with van der Waals surface area (Å²) in [5.74, 6) is 0.812. The third-order valence-electron chi connectivity index (χ3n) is 8.73. The molecule has 1 saturated heterocycles. The summed E-state index contributed by atoms with van der Waals surface area (Å²) in [4.78, 5) is 21.0. The van der Waals surface area contributed by atoms with Crippen LogP contribution in [-0.2, 0) is 4.74 Å². The van der Waals surface area contributed by atoms with Gasteiger partial charge in [0, 0.05) is 66.6 Å². The van der Waals surface area contributed by atoms with Crippen LogP contribution in [0.1, 0.15) is 56.0 Å². The Bertz CT molecular complexity index is 1630. The second-order valence-electron chi connectivity index (χ2n) is 12.4. The number of carbonyl (C=O) groups is 1. The Labute approximate surface area is 259 Å². The summed E-state index contributed by atoms with van der Waals surface area (Å²) in [7, 11) is 0. The monoisotopic (exact) mass is 597 g/mol. The van der Waals surface area contributed by atoms with Gasteiger partial charge in [-0.1, -0.05) is 43.2 Å². The SMILES string of the molecule is CCOC(=O)c1ccc(N2CCN(CC3=C(c4ccc(Cl)cc4)CCC(C)(C)C3)CC2)cc1Oc1ccc2[nH]ccc2c1. The van der Waals surface area contributed by atoms with E-state index in [-0.39, 0.29) is 5.97 Å². The Kier molecular flexibility index (Phi) is 8.51. The van der Waals surface area contributed by atoms with Gasteiger partial charge in [-0.3, -0.25) is 4.90 Å². The molecule has 0 saturated carbocycles. The molecule has 0 bridgehead atoms. The number of benzene rings is 3. The van der Waals surface area contributed by atoms with Crippen molar-refractivity contribution in [3.05, 3.63) is 94.6 Å². The molecule has 1 fully saturated rings. The number of H-pyrrole nitrogens is 1. The fourth-order valence-corrected chi connectivity index (χ4v) is 6.52. The molecular formula is C36H40ClN3O3. The average Bonchev–Trinajstić information content (AvgIpc) is 3.46. The fourth-order valence-electron chi connectivity index (χ4n) is 6.39. The first kappa shape index (κ1) is 29.3. The van der Waals surface area contributed by atoms with Crippen molar-refractivity contribution in [2.45, 2.75) is 40.0 Å². The molecule has 0 spiro atoms. The molecule has 6 nitrogen and oxygen atoms in total. The molecule has 43 heavy (non-hydrogen) atoms. The van der Waals surface area contributed by atoms with Crippen molar-refractivity contribution in [1.82, 2.24) is 9.88 Å². The van der Waals surface area contributed by atoms with Gasteiger partial charge in [-0.15, -0.1) is 0 Å². The third-order valence-corrected chi connectivity index (χ3v) is 8.98. The molecule has 0 amide bonds.